The zero-order valence-corrected chi connectivity index (χ0v) is 10.7. The smallest absolute Gasteiger partial charge is 0.357 e. The van der Waals surface area contributed by atoms with Crippen LogP contribution in [0, 0.1) is 0 Å². The van der Waals surface area contributed by atoms with Crippen LogP contribution in [0.25, 0.3) is 10.8 Å². The Labute approximate surface area is 104 Å². The lowest BCUT2D eigenvalue weighted by Crippen LogP contribution is -2.26. The summed E-state index contributed by atoms with van der Waals surface area (Å²) in [4.78, 5) is 12.1. The molecule has 0 spiro atoms. The first-order valence-electron chi connectivity index (χ1n) is 5.46. The van der Waals surface area contributed by atoms with Crippen LogP contribution in [0.3, 0.4) is 0 Å². The molecule has 0 bridgehead atoms. The maximum atomic E-state index is 11.0. The number of carbonyl (C=O) groups is 1. The quantitative estimate of drug-likeness (QED) is 0.847. The molecule has 0 aliphatic heterocycles. The minimum absolute atomic E-state index is 0.264. The van der Waals surface area contributed by atoms with Crippen molar-refractivity contribution in [3.8, 4) is 0 Å². The molecule has 2 rings (SSSR count). The van der Waals surface area contributed by atoms with E-state index in [4.69, 9.17) is 5.11 Å². The number of benzene rings is 2. The molecule has 0 radical (unpaired) electrons. The van der Waals surface area contributed by atoms with Gasteiger partial charge in [-0.05, 0) is 29.8 Å². The van der Waals surface area contributed by atoms with Crippen LogP contribution in [-0.2, 0) is 15.7 Å². The molecule has 0 aliphatic carbocycles. The predicted octanol–water partition coefficient (Wildman–Crippen LogP) is 2.92. The zero-order chi connectivity index (χ0) is 12.4. The van der Waals surface area contributed by atoms with E-state index in [0.717, 1.165) is 4.90 Å². The van der Waals surface area contributed by atoms with Crippen LogP contribution >= 0.6 is 0 Å². The van der Waals surface area contributed by atoms with Gasteiger partial charge < -0.3 is 5.11 Å². The Morgan fingerprint density at radius 1 is 1.18 bits per heavy atom. The summed E-state index contributed by atoms with van der Waals surface area (Å²) in [6.07, 6.45) is 1.99. The molecule has 0 aromatic heterocycles. The SMILES string of the molecule is CC(C(=O)O)[S+](C)c1ccc2ccccc2c1. The molecule has 0 aliphatic rings. The average Bonchev–Trinajstić information content (AvgIpc) is 2.36. The van der Waals surface area contributed by atoms with Gasteiger partial charge in [0, 0.05) is 17.0 Å². The summed E-state index contributed by atoms with van der Waals surface area (Å²) in [6, 6.07) is 14.3. The number of carboxylic acid groups (broad SMARTS) is 1. The van der Waals surface area contributed by atoms with Crippen LogP contribution in [0.1, 0.15) is 6.92 Å². The molecule has 1 N–H and O–H groups in total. The van der Waals surface area contributed by atoms with Crippen molar-refractivity contribution in [2.75, 3.05) is 6.26 Å². The normalized spacial score (nSPS) is 14.5. The average molecular weight is 247 g/mol. The lowest BCUT2D eigenvalue weighted by molar-refractivity contribution is -0.136. The minimum atomic E-state index is -0.732. The third-order valence-corrected chi connectivity index (χ3v) is 5.23. The van der Waals surface area contributed by atoms with E-state index in [1.807, 2.05) is 24.5 Å². The highest BCUT2D eigenvalue weighted by atomic mass is 32.2. The maximum absolute atomic E-state index is 11.0. The second-order valence-corrected chi connectivity index (χ2v) is 6.34. The molecule has 0 fully saturated rings. The van der Waals surface area contributed by atoms with Crippen molar-refractivity contribution in [2.24, 2.45) is 0 Å². The van der Waals surface area contributed by atoms with Crippen molar-refractivity contribution in [1.29, 1.82) is 0 Å². The summed E-state index contributed by atoms with van der Waals surface area (Å²) in [5.41, 5.74) is 0. The molecule has 3 heteroatoms. The molecule has 0 heterocycles. The summed E-state index contributed by atoms with van der Waals surface area (Å²) in [5.74, 6) is -0.732. The number of carboxylic acids is 1. The largest absolute Gasteiger partial charge is 0.478 e. The lowest BCUT2D eigenvalue weighted by atomic mass is 10.1. The molecule has 17 heavy (non-hydrogen) atoms. The number of hydrogen-bond donors (Lipinski definition) is 1. The summed E-state index contributed by atoms with van der Waals surface area (Å²) in [6.45, 7) is 1.76. The third-order valence-electron chi connectivity index (χ3n) is 2.97. The van der Waals surface area contributed by atoms with Crippen LogP contribution in [0.5, 0.6) is 0 Å². The third kappa shape index (κ3) is 2.44. The monoisotopic (exact) mass is 247 g/mol. The highest BCUT2D eigenvalue weighted by Gasteiger charge is 2.30. The molecule has 2 atom stereocenters. The van der Waals surface area contributed by atoms with Crippen molar-refractivity contribution >= 4 is 27.6 Å². The summed E-state index contributed by atoms with van der Waals surface area (Å²) >= 11 is 0. The highest BCUT2D eigenvalue weighted by Crippen LogP contribution is 2.22. The van der Waals surface area contributed by atoms with E-state index >= 15 is 0 Å². The van der Waals surface area contributed by atoms with Crippen LogP contribution < -0.4 is 0 Å². The van der Waals surface area contributed by atoms with Crippen molar-refractivity contribution < 1.29 is 9.90 Å². The number of aliphatic carboxylic acids is 1. The van der Waals surface area contributed by atoms with Crippen LogP contribution in [0.15, 0.2) is 47.4 Å². The minimum Gasteiger partial charge on any atom is -0.478 e. The fourth-order valence-electron chi connectivity index (χ4n) is 1.72. The van der Waals surface area contributed by atoms with Crippen LogP contribution in [0.4, 0.5) is 0 Å². The van der Waals surface area contributed by atoms with Crippen molar-refractivity contribution in [1.82, 2.24) is 0 Å². The summed E-state index contributed by atoms with van der Waals surface area (Å²) in [5, 5.41) is 11.1. The van der Waals surface area contributed by atoms with E-state index in [1.165, 1.54) is 10.8 Å². The Bertz CT molecular complexity index is 551. The van der Waals surface area contributed by atoms with E-state index in [-0.39, 0.29) is 16.1 Å². The molecule has 2 nitrogen and oxygen atoms in total. The predicted molar refractivity (Wildman–Crippen MR) is 72.6 cm³/mol. The molecule has 2 aromatic carbocycles. The number of fused-ring (bicyclic) bond motifs is 1. The Morgan fingerprint density at radius 3 is 2.47 bits per heavy atom. The van der Waals surface area contributed by atoms with Gasteiger partial charge in [-0.3, -0.25) is 0 Å². The Morgan fingerprint density at radius 2 is 1.82 bits per heavy atom. The van der Waals surface area contributed by atoms with Gasteiger partial charge in [0.25, 0.3) is 0 Å². The second-order valence-electron chi connectivity index (χ2n) is 4.05. The van der Waals surface area contributed by atoms with Gasteiger partial charge in [-0.2, -0.15) is 0 Å². The highest BCUT2D eigenvalue weighted by molar-refractivity contribution is 7.97. The van der Waals surface area contributed by atoms with E-state index in [2.05, 4.69) is 24.3 Å². The summed E-state index contributed by atoms with van der Waals surface area (Å²) in [7, 11) is -0.264. The van der Waals surface area contributed by atoms with Gasteiger partial charge in [0.2, 0.25) is 5.25 Å². The maximum Gasteiger partial charge on any atom is 0.357 e. The Hall–Kier alpha value is -1.48. The Kier molecular flexibility index (Phi) is 3.38. The molecule has 0 amide bonds. The van der Waals surface area contributed by atoms with E-state index in [0.29, 0.717) is 0 Å². The van der Waals surface area contributed by atoms with Gasteiger partial charge in [0.1, 0.15) is 6.26 Å². The van der Waals surface area contributed by atoms with Gasteiger partial charge in [-0.1, -0.05) is 24.3 Å². The first-order chi connectivity index (χ1) is 8.09. The van der Waals surface area contributed by atoms with Crippen molar-refractivity contribution in [3.63, 3.8) is 0 Å². The molecular weight excluding hydrogens is 232 g/mol. The first-order valence-corrected chi connectivity index (χ1v) is 7.15. The van der Waals surface area contributed by atoms with Gasteiger partial charge in [0.05, 0.1) is 0 Å². The first kappa shape index (κ1) is 12.0. The van der Waals surface area contributed by atoms with Crippen LogP contribution in [0.2, 0.25) is 0 Å². The zero-order valence-electron chi connectivity index (χ0n) is 9.88. The molecule has 88 valence electrons. The molecule has 2 aromatic rings. The van der Waals surface area contributed by atoms with E-state index < -0.39 is 5.97 Å². The van der Waals surface area contributed by atoms with Gasteiger partial charge in [-0.25, -0.2) is 4.79 Å². The molecule has 0 saturated carbocycles. The number of hydrogen-bond acceptors (Lipinski definition) is 1. The lowest BCUT2D eigenvalue weighted by Gasteiger charge is -2.08. The molecule has 0 saturated heterocycles. The van der Waals surface area contributed by atoms with Gasteiger partial charge >= 0.3 is 5.97 Å². The Balaban J connectivity index is 2.39. The standard InChI is InChI=1S/C14H14O2S/c1-10(14(15)16)17(2)13-8-7-11-5-3-4-6-12(11)9-13/h3-10H,1-2H3/p+1. The molecular formula is C14H15O2S+. The van der Waals surface area contributed by atoms with E-state index in [9.17, 15) is 4.79 Å². The van der Waals surface area contributed by atoms with Crippen LogP contribution in [-0.4, -0.2) is 22.6 Å². The van der Waals surface area contributed by atoms with Crippen molar-refractivity contribution in [2.45, 2.75) is 17.1 Å². The summed E-state index contributed by atoms with van der Waals surface area (Å²) < 4.78 is 0. The van der Waals surface area contributed by atoms with Gasteiger partial charge in [0.15, 0.2) is 4.90 Å². The number of rotatable bonds is 3. The topological polar surface area (TPSA) is 37.3 Å². The second kappa shape index (κ2) is 4.80. The van der Waals surface area contributed by atoms with E-state index in [1.54, 1.807) is 6.92 Å². The fourth-order valence-corrected chi connectivity index (χ4v) is 3.03. The van der Waals surface area contributed by atoms with Gasteiger partial charge in [-0.15, -0.1) is 0 Å². The molecule has 2 unspecified atom stereocenters. The fraction of sp³-hybridized carbons (Fsp3) is 0.214. The van der Waals surface area contributed by atoms with Crippen molar-refractivity contribution in [3.05, 3.63) is 42.5 Å².